The maximum atomic E-state index is 13.8. The average molecular weight is 315 g/mol. The molecule has 22 heavy (non-hydrogen) atoms. The van der Waals surface area contributed by atoms with Gasteiger partial charge in [0, 0.05) is 30.2 Å². The summed E-state index contributed by atoms with van der Waals surface area (Å²) in [4.78, 5) is 8.60. The Bertz CT molecular complexity index is 677. The Balaban J connectivity index is 1.69. The van der Waals surface area contributed by atoms with Crippen molar-refractivity contribution < 1.29 is 4.39 Å². The van der Waals surface area contributed by atoms with Crippen molar-refractivity contribution in [3.8, 4) is 0 Å². The predicted octanol–water partition coefficient (Wildman–Crippen LogP) is 3.89. The second-order valence-electron chi connectivity index (χ2n) is 5.50. The zero-order valence-corrected chi connectivity index (χ0v) is 13.3. The molecule has 1 aliphatic heterocycles. The summed E-state index contributed by atoms with van der Waals surface area (Å²) in [6.45, 7) is 4.09. The molecule has 114 valence electrons. The molecule has 0 saturated heterocycles. The van der Waals surface area contributed by atoms with Gasteiger partial charge in [-0.1, -0.05) is 18.2 Å². The van der Waals surface area contributed by atoms with E-state index in [1.54, 1.807) is 36.3 Å². The molecule has 0 spiro atoms. The quantitative estimate of drug-likeness (QED) is 0.930. The highest BCUT2D eigenvalue weighted by atomic mass is 32.2. The van der Waals surface area contributed by atoms with Gasteiger partial charge in [-0.05, 0) is 37.6 Å². The fourth-order valence-corrected chi connectivity index (χ4v) is 3.79. The molecular formula is C17H18FN3S. The predicted molar refractivity (Wildman–Crippen MR) is 89.4 cm³/mol. The minimum Gasteiger partial charge on any atom is -0.280 e. The number of thioether (sulfide) groups is 1. The van der Waals surface area contributed by atoms with Crippen LogP contribution < -0.4 is 5.32 Å². The van der Waals surface area contributed by atoms with Gasteiger partial charge in [-0.15, -0.1) is 11.8 Å². The molecule has 0 amide bonds. The van der Waals surface area contributed by atoms with Crippen LogP contribution in [0.25, 0.3) is 0 Å². The summed E-state index contributed by atoms with van der Waals surface area (Å²) >= 11 is 1.71. The Hall–Kier alpha value is -1.72. The van der Waals surface area contributed by atoms with E-state index in [2.05, 4.69) is 22.2 Å². The number of benzene rings is 1. The lowest BCUT2D eigenvalue weighted by Crippen LogP contribution is -2.28. The highest BCUT2D eigenvalue weighted by molar-refractivity contribution is 8.01. The molecule has 1 N–H and O–H groups in total. The van der Waals surface area contributed by atoms with Crippen LogP contribution >= 0.6 is 11.8 Å². The van der Waals surface area contributed by atoms with Crippen LogP contribution in [0, 0.1) is 5.82 Å². The van der Waals surface area contributed by atoms with Gasteiger partial charge in [0.15, 0.2) is 0 Å². The third-order valence-electron chi connectivity index (χ3n) is 3.83. The Morgan fingerprint density at radius 3 is 2.68 bits per heavy atom. The largest absolute Gasteiger partial charge is 0.280 e. The standard InChI is InChI=1S/C17H18FN3S/c1-12(14-5-3-4-6-15(14)18)21-16-20-11-17(2,22-16)13-7-9-19-10-8-13/h3-12,16,21H,1-2H3/t12-,16?,17?/m0/s1. The maximum absolute atomic E-state index is 13.8. The Labute approximate surface area is 134 Å². The minimum absolute atomic E-state index is 0.0900. The van der Waals surface area contributed by atoms with Crippen molar-refractivity contribution in [3.63, 3.8) is 0 Å². The number of pyridine rings is 1. The van der Waals surface area contributed by atoms with E-state index in [0.717, 1.165) is 0 Å². The van der Waals surface area contributed by atoms with Gasteiger partial charge in [-0.2, -0.15) is 0 Å². The van der Waals surface area contributed by atoms with E-state index in [4.69, 9.17) is 0 Å². The summed E-state index contributed by atoms with van der Waals surface area (Å²) in [7, 11) is 0. The van der Waals surface area contributed by atoms with Gasteiger partial charge in [0.25, 0.3) is 0 Å². The van der Waals surface area contributed by atoms with Gasteiger partial charge >= 0.3 is 0 Å². The number of rotatable bonds is 4. The van der Waals surface area contributed by atoms with Crippen molar-refractivity contribution in [2.24, 2.45) is 4.99 Å². The van der Waals surface area contributed by atoms with Crippen LogP contribution in [0.2, 0.25) is 0 Å². The molecule has 3 atom stereocenters. The fourth-order valence-electron chi connectivity index (χ4n) is 2.54. The summed E-state index contributed by atoms with van der Waals surface area (Å²) < 4.78 is 13.7. The van der Waals surface area contributed by atoms with Crippen LogP contribution in [0.15, 0.2) is 53.8 Å². The van der Waals surface area contributed by atoms with Crippen molar-refractivity contribution in [1.82, 2.24) is 10.3 Å². The number of nitrogens with zero attached hydrogens (tertiary/aromatic N) is 2. The smallest absolute Gasteiger partial charge is 0.148 e. The Morgan fingerprint density at radius 1 is 1.23 bits per heavy atom. The summed E-state index contributed by atoms with van der Waals surface area (Å²) in [6.07, 6.45) is 5.54. The van der Waals surface area contributed by atoms with Crippen LogP contribution in [0.4, 0.5) is 4.39 Å². The van der Waals surface area contributed by atoms with Gasteiger partial charge in [0.1, 0.15) is 11.3 Å². The second-order valence-corrected chi connectivity index (χ2v) is 7.03. The zero-order valence-electron chi connectivity index (χ0n) is 12.5. The van der Waals surface area contributed by atoms with Crippen LogP contribution in [0.5, 0.6) is 0 Å². The molecule has 3 nitrogen and oxygen atoms in total. The molecule has 0 fully saturated rings. The van der Waals surface area contributed by atoms with E-state index in [1.165, 1.54) is 11.6 Å². The molecule has 3 rings (SSSR count). The van der Waals surface area contributed by atoms with Crippen molar-refractivity contribution in [3.05, 3.63) is 65.7 Å². The molecule has 2 aromatic rings. The first-order valence-electron chi connectivity index (χ1n) is 7.22. The molecule has 2 heterocycles. The van der Waals surface area contributed by atoms with Crippen molar-refractivity contribution in [1.29, 1.82) is 0 Å². The Kier molecular flexibility index (Phi) is 4.27. The lowest BCUT2D eigenvalue weighted by Gasteiger charge is -2.24. The zero-order chi connectivity index (χ0) is 15.6. The van der Waals surface area contributed by atoms with Crippen molar-refractivity contribution >= 4 is 18.0 Å². The summed E-state index contributed by atoms with van der Waals surface area (Å²) in [5.41, 5.74) is 1.74. The third kappa shape index (κ3) is 3.05. The monoisotopic (exact) mass is 315 g/mol. The lowest BCUT2D eigenvalue weighted by atomic mass is 10.0. The fraction of sp³-hybridized carbons (Fsp3) is 0.294. The van der Waals surface area contributed by atoms with Gasteiger partial charge in [0.05, 0.1) is 4.75 Å². The number of hydrogen-bond donors (Lipinski definition) is 1. The van der Waals surface area contributed by atoms with E-state index in [9.17, 15) is 4.39 Å². The topological polar surface area (TPSA) is 37.3 Å². The lowest BCUT2D eigenvalue weighted by molar-refractivity contribution is 0.523. The highest BCUT2D eigenvalue weighted by Crippen LogP contribution is 2.41. The van der Waals surface area contributed by atoms with Crippen molar-refractivity contribution in [2.45, 2.75) is 30.1 Å². The third-order valence-corrected chi connectivity index (χ3v) is 5.14. The number of nitrogens with one attached hydrogen (secondary N) is 1. The maximum Gasteiger partial charge on any atom is 0.148 e. The van der Waals surface area contributed by atoms with Gasteiger partial charge in [0.2, 0.25) is 0 Å². The van der Waals surface area contributed by atoms with Gasteiger partial charge in [-0.3, -0.25) is 15.3 Å². The molecule has 1 aliphatic rings. The molecule has 0 aliphatic carbocycles. The SMILES string of the molecule is C[C@H](NC1N=CC(C)(c2ccncc2)S1)c1ccccc1F. The number of aliphatic imine (C=N–C) groups is 1. The average Bonchev–Trinajstić information content (AvgIpc) is 2.91. The summed E-state index contributed by atoms with van der Waals surface area (Å²) in [5, 5.41) is 3.37. The first kappa shape index (κ1) is 15.2. The molecule has 5 heteroatoms. The van der Waals surface area contributed by atoms with Gasteiger partial charge in [-0.25, -0.2) is 4.39 Å². The van der Waals surface area contributed by atoms with Crippen LogP contribution in [-0.2, 0) is 4.75 Å². The molecule has 0 saturated carbocycles. The first-order valence-corrected chi connectivity index (χ1v) is 8.09. The highest BCUT2D eigenvalue weighted by Gasteiger charge is 2.34. The Morgan fingerprint density at radius 2 is 1.95 bits per heavy atom. The normalized spacial score (nSPS) is 25.3. The van der Waals surface area contributed by atoms with Crippen molar-refractivity contribution in [2.75, 3.05) is 0 Å². The summed E-state index contributed by atoms with van der Waals surface area (Å²) in [6, 6.07) is 10.7. The van der Waals surface area contributed by atoms with Gasteiger partial charge < -0.3 is 0 Å². The van der Waals surface area contributed by atoms with E-state index in [1.807, 2.05) is 31.3 Å². The molecule has 1 aromatic heterocycles. The molecule has 1 aromatic carbocycles. The number of aromatic nitrogens is 1. The second kappa shape index (κ2) is 6.18. The first-order chi connectivity index (χ1) is 10.6. The molecule has 2 unspecified atom stereocenters. The number of halogens is 1. The summed E-state index contributed by atoms with van der Waals surface area (Å²) in [5.74, 6) is -0.189. The minimum atomic E-state index is -0.189. The molecule has 0 bridgehead atoms. The van der Waals surface area contributed by atoms with E-state index < -0.39 is 0 Å². The van der Waals surface area contributed by atoms with Crippen LogP contribution in [0.3, 0.4) is 0 Å². The van der Waals surface area contributed by atoms with Crippen LogP contribution in [0.1, 0.15) is 31.0 Å². The molecular weight excluding hydrogens is 297 g/mol. The molecule has 0 radical (unpaired) electrons. The van der Waals surface area contributed by atoms with Crippen LogP contribution in [-0.4, -0.2) is 16.7 Å². The van der Waals surface area contributed by atoms with E-state index in [0.29, 0.717) is 5.56 Å². The number of hydrogen-bond acceptors (Lipinski definition) is 4. The van der Waals surface area contributed by atoms with E-state index >= 15 is 0 Å². The van der Waals surface area contributed by atoms with E-state index in [-0.39, 0.29) is 22.1 Å².